The number of benzene rings is 1. The summed E-state index contributed by atoms with van der Waals surface area (Å²) in [6.45, 7) is 0.595. The molecule has 16 heavy (non-hydrogen) atoms. The first-order chi connectivity index (χ1) is 7.75. The molecule has 0 radical (unpaired) electrons. The van der Waals surface area contributed by atoms with E-state index in [0.717, 1.165) is 22.9 Å². The Hall–Kier alpha value is -0.450. The quantitative estimate of drug-likeness (QED) is 0.855. The van der Waals surface area contributed by atoms with Crippen molar-refractivity contribution in [2.24, 2.45) is 0 Å². The standard InChI is InChI=1S/C12H15BrFNO/c13-12-7-10(14)6-5-9(12)8-15-16-11-3-1-2-4-11/h5-7,11,15H,1-4,8H2. The molecule has 0 aromatic heterocycles. The van der Waals surface area contributed by atoms with E-state index < -0.39 is 0 Å². The second-order valence-corrected chi connectivity index (χ2v) is 4.94. The van der Waals surface area contributed by atoms with Gasteiger partial charge in [-0.15, -0.1) is 0 Å². The van der Waals surface area contributed by atoms with Crippen molar-refractivity contribution in [2.45, 2.75) is 38.3 Å². The number of hydrogen-bond donors (Lipinski definition) is 1. The summed E-state index contributed by atoms with van der Waals surface area (Å²) < 4.78 is 13.6. The summed E-state index contributed by atoms with van der Waals surface area (Å²) in [6.07, 6.45) is 5.13. The topological polar surface area (TPSA) is 21.3 Å². The Balaban J connectivity index is 1.80. The molecule has 88 valence electrons. The Morgan fingerprint density at radius 3 is 2.81 bits per heavy atom. The van der Waals surface area contributed by atoms with Crippen molar-refractivity contribution in [3.63, 3.8) is 0 Å². The van der Waals surface area contributed by atoms with Gasteiger partial charge in [-0.1, -0.05) is 34.8 Å². The van der Waals surface area contributed by atoms with Gasteiger partial charge in [0.1, 0.15) is 5.82 Å². The second kappa shape index (κ2) is 5.75. The molecule has 4 heteroatoms. The van der Waals surface area contributed by atoms with Gasteiger partial charge < -0.3 is 0 Å². The summed E-state index contributed by atoms with van der Waals surface area (Å²) in [5.41, 5.74) is 3.95. The van der Waals surface area contributed by atoms with Crippen LogP contribution in [0.1, 0.15) is 31.2 Å². The van der Waals surface area contributed by atoms with Gasteiger partial charge in [0.15, 0.2) is 0 Å². The predicted molar refractivity (Wildman–Crippen MR) is 64.3 cm³/mol. The van der Waals surface area contributed by atoms with Gasteiger partial charge in [-0.3, -0.25) is 4.84 Å². The molecule has 2 nitrogen and oxygen atoms in total. The summed E-state index contributed by atoms with van der Waals surface area (Å²) in [5, 5.41) is 0. The minimum atomic E-state index is -0.229. The molecule has 0 atom stereocenters. The SMILES string of the molecule is Fc1ccc(CNOC2CCCC2)c(Br)c1. The highest BCUT2D eigenvalue weighted by atomic mass is 79.9. The number of hydroxylamine groups is 1. The lowest BCUT2D eigenvalue weighted by Crippen LogP contribution is -2.21. The van der Waals surface area contributed by atoms with Crippen LogP contribution >= 0.6 is 15.9 Å². The Morgan fingerprint density at radius 1 is 1.38 bits per heavy atom. The van der Waals surface area contributed by atoms with E-state index >= 15 is 0 Å². The zero-order valence-electron chi connectivity index (χ0n) is 9.01. The first kappa shape index (κ1) is 12.0. The van der Waals surface area contributed by atoms with Crippen LogP contribution in [0.25, 0.3) is 0 Å². The molecule has 0 unspecified atom stereocenters. The van der Waals surface area contributed by atoms with Gasteiger partial charge in [0.05, 0.1) is 6.10 Å². The number of nitrogens with one attached hydrogen (secondary N) is 1. The fraction of sp³-hybridized carbons (Fsp3) is 0.500. The fourth-order valence-corrected chi connectivity index (χ4v) is 2.40. The molecule has 1 aliphatic rings. The molecule has 1 fully saturated rings. The summed E-state index contributed by atoms with van der Waals surface area (Å²) >= 11 is 3.33. The van der Waals surface area contributed by atoms with E-state index in [-0.39, 0.29) is 5.82 Å². The van der Waals surface area contributed by atoms with Gasteiger partial charge in [0.2, 0.25) is 0 Å². The molecule has 0 heterocycles. The highest BCUT2D eigenvalue weighted by Crippen LogP contribution is 2.21. The van der Waals surface area contributed by atoms with Crippen LogP contribution in [0, 0.1) is 5.82 Å². The lowest BCUT2D eigenvalue weighted by Gasteiger charge is -2.12. The van der Waals surface area contributed by atoms with E-state index in [1.807, 2.05) is 0 Å². The average Bonchev–Trinajstić information content (AvgIpc) is 2.74. The van der Waals surface area contributed by atoms with Crippen molar-refractivity contribution in [3.05, 3.63) is 34.1 Å². The van der Waals surface area contributed by atoms with Gasteiger partial charge in [0, 0.05) is 11.0 Å². The van der Waals surface area contributed by atoms with Crippen LogP contribution in [0.5, 0.6) is 0 Å². The molecule has 0 aliphatic heterocycles. The summed E-state index contributed by atoms with van der Waals surface area (Å²) in [4.78, 5) is 5.53. The van der Waals surface area contributed by atoms with E-state index in [4.69, 9.17) is 4.84 Å². The lowest BCUT2D eigenvalue weighted by molar-refractivity contribution is -0.0245. The van der Waals surface area contributed by atoms with Crippen LogP contribution in [-0.2, 0) is 11.4 Å². The second-order valence-electron chi connectivity index (χ2n) is 4.08. The first-order valence-corrected chi connectivity index (χ1v) is 6.37. The highest BCUT2D eigenvalue weighted by molar-refractivity contribution is 9.10. The third-order valence-electron chi connectivity index (χ3n) is 2.83. The van der Waals surface area contributed by atoms with Crippen molar-refractivity contribution >= 4 is 15.9 Å². The van der Waals surface area contributed by atoms with Crippen molar-refractivity contribution in [2.75, 3.05) is 0 Å². The Morgan fingerprint density at radius 2 is 2.12 bits per heavy atom. The zero-order valence-corrected chi connectivity index (χ0v) is 10.6. The maximum atomic E-state index is 12.8. The highest BCUT2D eigenvalue weighted by Gasteiger charge is 2.15. The van der Waals surface area contributed by atoms with Gasteiger partial charge in [-0.2, -0.15) is 5.48 Å². The molecule has 1 aliphatic carbocycles. The number of rotatable bonds is 4. The van der Waals surface area contributed by atoms with Crippen LogP contribution in [0.3, 0.4) is 0 Å². The molecular weight excluding hydrogens is 273 g/mol. The maximum absolute atomic E-state index is 12.8. The van der Waals surface area contributed by atoms with Crippen molar-refractivity contribution in [3.8, 4) is 0 Å². The molecular formula is C12H15BrFNO. The molecule has 2 rings (SSSR count). The maximum Gasteiger partial charge on any atom is 0.124 e. The van der Waals surface area contributed by atoms with E-state index in [0.29, 0.717) is 12.6 Å². The molecule has 1 aromatic rings. The smallest absolute Gasteiger partial charge is 0.124 e. The van der Waals surface area contributed by atoms with E-state index in [1.54, 1.807) is 6.07 Å². The van der Waals surface area contributed by atoms with Crippen molar-refractivity contribution in [1.82, 2.24) is 5.48 Å². The van der Waals surface area contributed by atoms with Gasteiger partial charge in [-0.05, 0) is 30.5 Å². The van der Waals surface area contributed by atoms with Crippen LogP contribution in [0.2, 0.25) is 0 Å². The molecule has 1 saturated carbocycles. The fourth-order valence-electron chi connectivity index (χ4n) is 1.91. The Bertz CT molecular complexity index is 353. The largest absolute Gasteiger partial charge is 0.298 e. The Kier molecular flexibility index (Phi) is 4.32. The summed E-state index contributed by atoms with van der Waals surface area (Å²) in [7, 11) is 0. The molecule has 0 bridgehead atoms. The minimum absolute atomic E-state index is 0.229. The van der Waals surface area contributed by atoms with Crippen molar-refractivity contribution < 1.29 is 9.23 Å². The summed E-state index contributed by atoms with van der Waals surface area (Å²) in [6, 6.07) is 4.67. The number of halogens is 2. The van der Waals surface area contributed by atoms with Crippen LogP contribution in [-0.4, -0.2) is 6.10 Å². The third-order valence-corrected chi connectivity index (χ3v) is 3.57. The molecule has 0 saturated heterocycles. The predicted octanol–water partition coefficient (Wildman–Crippen LogP) is 3.55. The average molecular weight is 288 g/mol. The van der Waals surface area contributed by atoms with Crippen LogP contribution < -0.4 is 5.48 Å². The van der Waals surface area contributed by atoms with Gasteiger partial charge in [-0.25, -0.2) is 4.39 Å². The summed E-state index contributed by atoms with van der Waals surface area (Å²) in [5.74, 6) is -0.229. The normalized spacial score (nSPS) is 16.9. The third kappa shape index (κ3) is 3.27. The van der Waals surface area contributed by atoms with Crippen molar-refractivity contribution in [1.29, 1.82) is 0 Å². The monoisotopic (exact) mass is 287 g/mol. The number of hydrogen-bond acceptors (Lipinski definition) is 2. The van der Waals surface area contributed by atoms with E-state index in [2.05, 4.69) is 21.4 Å². The van der Waals surface area contributed by atoms with Crippen LogP contribution in [0.4, 0.5) is 4.39 Å². The first-order valence-electron chi connectivity index (χ1n) is 5.58. The van der Waals surface area contributed by atoms with E-state index in [1.165, 1.54) is 25.0 Å². The molecule has 0 amide bonds. The van der Waals surface area contributed by atoms with Crippen LogP contribution in [0.15, 0.2) is 22.7 Å². The van der Waals surface area contributed by atoms with Gasteiger partial charge in [0.25, 0.3) is 0 Å². The lowest BCUT2D eigenvalue weighted by atomic mass is 10.2. The van der Waals surface area contributed by atoms with Gasteiger partial charge >= 0.3 is 0 Å². The zero-order chi connectivity index (χ0) is 11.4. The molecule has 0 spiro atoms. The van der Waals surface area contributed by atoms with E-state index in [9.17, 15) is 4.39 Å². The minimum Gasteiger partial charge on any atom is -0.298 e. The molecule has 1 N–H and O–H groups in total. The molecule has 1 aromatic carbocycles. The Labute approximate surface area is 103 Å².